The van der Waals surface area contributed by atoms with Gasteiger partial charge in [0, 0.05) is 24.2 Å². The van der Waals surface area contributed by atoms with Crippen molar-refractivity contribution in [1.82, 2.24) is 5.32 Å². The zero-order valence-electron chi connectivity index (χ0n) is 15.9. The average molecular weight is 369 g/mol. The highest BCUT2D eigenvalue weighted by Gasteiger charge is 2.24. The van der Waals surface area contributed by atoms with Crippen LogP contribution in [0.1, 0.15) is 61.9 Å². The van der Waals surface area contributed by atoms with Crippen molar-refractivity contribution in [3.63, 3.8) is 0 Å². The van der Waals surface area contributed by atoms with Gasteiger partial charge in [0.15, 0.2) is 0 Å². The summed E-state index contributed by atoms with van der Waals surface area (Å²) < 4.78 is 0. The van der Waals surface area contributed by atoms with Gasteiger partial charge in [-0.05, 0) is 43.9 Å². The SMILES string of the molecule is CCC(C)NC(=O)c1ccc(CNc2c(NC3CCCC3)c(=O)c2=O)cc1. The van der Waals surface area contributed by atoms with Crippen LogP contribution < -0.4 is 26.8 Å². The first kappa shape index (κ1) is 19.1. The zero-order valence-corrected chi connectivity index (χ0v) is 15.9. The summed E-state index contributed by atoms with van der Waals surface area (Å²) in [5.74, 6) is -0.0885. The van der Waals surface area contributed by atoms with Crippen LogP contribution in [0.5, 0.6) is 0 Å². The molecule has 1 saturated carbocycles. The largest absolute Gasteiger partial charge is 0.377 e. The Hall–Kier alpha value is -2.63. The van der Waals surface area contributed by atoms with Crippen molar-refractivity contribution in [2.24, 2.45) is 0 Å². The predicted octanol–water partition coefficient (Wildman–Crippen LogP) is 2.78. The van der Waals surface area contributed by atoms with E-state index in [0.717, 1.165) is 37.7 Å². The van der Waals surface area contributed by atoms with E-state index in [4.69, 9.17) is 0 Å². The molecule has 2 aromatic rings. The molecule has 2 aromatic carbocycles. The summed E-state index contributed by atoms with van der Waals surface area (Å²) in [5.41, 5.74) is 1.47. The minimum atomic E-state index is -0.458. The van der Waals surface area contributed by atoms with Crippen LogP contribution in [0.2, 0.25) is 0 Å². The highest BCUT2D eigenvalue weighted by molar-refractivity contribution is 5.94. The number of amides is 1. The van der Waals surface area contributed by atoms with E-state index in [9.17, 15) is 14.4 Å². The molecule has 1 aliphatic carbocycles. The quantitative estimate of drug-likeness (QED) is 0.623. The van der Waals surface area contributed by atoms with Crippen molar-refractivity contribution < 1.29 is 4.79 Å². The van der Waals surface area contributed by atoms with Gasteiger partial charge in [-0.2, -0.15) is 0 Å². The fourth-order valence-electron chi connectivity index (χ4n) is 3.35. The van der Waals surface area contributed by atoms with Gasteiger partial charge < -0.3 is 16.0 Å². The number of hydrogen-bond acceptors (Lipinski definition) is 5. The van der Waals surface area contributed by atoms with E-state index in [-0.39, 0.29) is 18.0 Å². The Labute approximate surface area is 159 Å². The molecule has 0 bridgehead atoms. The van der Waals surface area contributed by atoms with Crippen molar-refractivity contribution >= 4 is 17.3 Å². The van der Waals surface area contributed by atoms with Gasteiger partial charge in [-0.25, -0.2) is 0 Å². The molecule has 6 nitrogen and oxygen atoms in total. The molecule has 1 fully saturated rings. The number of carbonyl (C=O) groups is 1. The molecule has 3 N–H and O–H groups in total. The number of hydrogen-bond donors (Lipinski definition) is 3. The van der Waals surface area contributed by atoms with Crippen molar-refractivity contribution in [2.75, 3.05) is 10.6 Å². The molecular weight excluding hydrogens is 342 g/mol. The van der Waals surface area contributed by atoms with Crippen molar-refractivity contribution in [2.45, 2.75) is 64.6 Å². The zero-order chi connectivity index (χ0) is 19.4. The lowest BCUT2D eigenvalue weighted by molar-refractivity contribution is 0.0939. The van der Waals surface area contributed by atoms with E-state index in [2.05, 4.69) is 16.0 Å². The second kappa shape index (κ2) is 8.37. The summed E-state index contributed by atoms with van der Waals surface area (Å²) >= 11 is 0. The summed E-state index contributed by atoms with van der Waals surface area (Å²) in [4.78, 5) is 35.8. The maximum atomic E-state index is 12.1. The molecule has 27 heavy (non-hydrogen) atoms. The van der Waals surface area contributed by atoms with Crippen molar-refractivity contribution in [1.29, 1.82) is 0 Å². The predicted molar refractivity (Wildman–Crippen MR) is 108 cm³/mol. The van der Waals surface area contributed by atoms with Gasteiger partial charge in [-0.15, -0.1) is 0 Å². The van der Waals surface area contributed by atoms with Crippen molar-refractivity contribution in [3.05, 3.63) is 55.8 Å². The molecule has 1 aliphatic rings. The Bertz CT molecular complexity index is 860. The van der Waals surface area contributed by atoms with Crippen LogP contribution >= 0.6 is 0 Å². The molecular formula is C21H27N3O3. The van der Waals surface area contributed by atoms with Crippen LogP contribution in [0.25, 0.3) is 0 Å². The minimum absolute atomic E-state index is 0.0885. The molecule has 0 radical (unpaired) electrons. The molecule has 1 unspecified atom stereocenters. The van der Waals surface area contributed by atoms with Crippen LogP contribution in [0, 0.1) is 0 Å². The van der Waals surface area contributed by atoms with Crippen LogP contribution in [0.4, 0.5) is 11.4 Å². The van der Waals surface area contributed by atoms with Crippen molar-refractivity contribution in [3.8, 4) is 0 Å². The van der Waals surface area contributed by atoms with Crippen LogP contribution in [0.15, 0.2) is 33.9 Å². The number of anilines is 2. The van der Waals surface area contributed by atoms with E-state index in [1.807, 2.05) is 26.0 Å². The Morgan fingerprint density at radius 2 is 1.70 bits per heavy atom. The molecule has 0 spiro atoms. The minimum Gasteiger partial charge on any atom is -0.377 e. The second-order valence-corrected chi connectivity index (χ2v) is 7.37. The first-order valence-corrected chi connectivity index (χ1v) is 9.73. The molecule has 0 heterocycles. The average Bonchev–Trinajstić information content (AvgIpc) is 3.20. The van der Waals surface area contributed by atoms with E-state index >= 15 is 0 Å². The molecule has 144 valence electrons. The molecule has 6 heteroatoms. The molecule has 0 saturated heterocycles. The second-order valence-electron chi connectivity index (χ2n) is 7.37. The molecule has 3 rings (SSSR count). The third-order valence-corrected chi connectivity index (χ3v) is 5.29. The Morgan fingerprint density at radius 3 is 2.33 bits per heavy atom. The highest BCUT2D eigenvalue weighted by atomic mass is 16.2. The maximum absolute atomic E-state index is 12.1. The Morgan fingerprint density at radius 1 is 1.07 bits per heavy atom. The Kier molecular flexibility index (Phi) is 5.94. The lowest BCUT2D eigenvalue weighted by Gasteiger charge is -2.19. The maximum Gasteiger partial charge on any atom is 0.253 e. The van der Waals surface area contributed by atoms with Gasteiger partial charge in [-0.1, -0.05) is 31.9 Å². The lowest BCUT2D eigenvalue weighted by atomic mass is 10.1. The fraction of sp³-hybridized carbons (Fsp3) is 0.476. The summed E-state index contributed by atoms with van der Waals surface area (Å²) in [7, 11) is 0. The van der Waals surface area contributed by atoms with Gasteiger partial charge >= 0.3 is 0 Å². The first-order valence-electron chi connectivity index (χ1n) is 9.73. The molecule has 1 atom stereocenters. The third kappa shape index (κ3) is 4.38. The lowest BCUT2D eigenvalue weighted by Crippen LogP contribution is -2.39. The van der Waals surface area contributed by atoms with Gasteiger partial charge in [0.2, 0.25) is 0 Å². The fourth-order valence-corrected chi connectivity index (χ4v) is 3.35. The molecule has 0 aliphatic heterocycles. The highest BCUT2D eigenvalue weighted by Crippen LogP contribution is 2.24. The van der Waals surface area contributed by atoms with Gasteiger partial charge in [0.1, 0.15) is 11.4 Å². The summed E-state index contributed by atoms with van der Waals surface area (Å²) in [5, 5.41) is 9.23. The normalized spacial score (nSPS) is 15.6. The number of rotatable bonds is 8. The van der Waals surface area contributed by atoms with Gasteiger partial charge in [-0.3, -0.25) is 14.4 Å². The standard InChI is InChI=1S/C21H27N3O3/c1-3-13(2)23-21(27)15-10-8-14(9-11-15)12-22-17-18(20(26)19(17)25)24-16-6-4-5-7-16/h8-11,13,16,22,24H,3-7,12H2,1-2H3,(H,23,27). The Balaban J connectivity index is 1.59. The monoisotopic (exact) mass is 369 g/mol. The number of benzene rings is 1. The summed E-state index contributed by atoms with van der Waals surface area (Å²) in [6.45, 7) is 4.42. The summed E-state index contributed by atoms with van der Waals surface area (Å²) in [6, 6.07) is 7.68. The van der Waals surface area contributed by atoms with Gasteiger partial charge in [0.25, 0.3) is 16.8 Å². The van der Waals surface area contributed by atoms with Crippen LogP contribution in [-0.2, 0) is 6.54 Å². The van der Waals surface area contributed by atoms with E-state index < -0.39 is 10.9 Å². The smallest absolute Gasteiger partial charge is 0.253 e. The summed E-state index contributed by atoms with van der Waals surface area (Å²) in [6.07, 6.45) is 5.28. The van der Waals surface area contributed by atoms with E-state index in [1.54, 1.807) is 12.1 Å². The van der Waals surface area contributed by atoms with E-state index in [1.165, 1.54) is 0 Å². The van der Waals surface area contributed by atoms with Gasteiger partial charge in [0.05, 0.1) is 0 Å². The van der Waals surface area contributed by atoms with Crippen LogP contribution in [-0.4, -0.2) is 18.0 Å². The van der Waals surface area contributed by atoms with E-state index in [0.29, 0.717) is 23.5 Å². The third-order valence-electron chi connectivity index (χ3n) is 5.29. The number of nitrogens with one attached hydrogen (secondary N) is 3. The molecule has 1 amide bonds. The molecule has 0 aromatic heterocycles. The van der Waals surface area contributed by atoms with Crippen LogP contribution in [0.3, 0.4) is 0 Å². The topological polar surface area (TPSA) is 87.3 Å². The number of carbonyl (C=O) groups excluding carboxylic acids is 1. The first-order chi connectivity index (χ1) is 13.0.